The number of carboxylic acid groups (broad SMARTS) is 1. The van der Waals surface area contributed by atoms with Gasteiger partial charge in [-0.3, -0.25) is 4.79 Å². The number of ketones is 1. The number of rotatable bonds is 3. The third-order valence-electron chi connectivity index (χ3n) is 3.05. The minimum Gasteiger partial charge on any atom is -0.478 e. The lowest BCUT2D eigenvalue weighted by molar-refractivity contribution is 0.0696. The van der Waals surface area contributed by atoms with Crippen molar-refractivity contribution in [2.75, 3.05) is 0 Å². The Balaban J connectivity index is 2.24. The first kappa shape index (κ1) is 12.6. The van der Waals surface area contributed by atoms with Crippen molar-refractivity contribution in [1.82, 2.24) is 0 Å². The molecular formula is C16H10O3S. The molecule has 0 aliphatic carbocycles. The van der Waals surface area contributed by atoms with Crippen LogP contribution >= 0.6 is 11.3 Å². The van der Waals surface area contributed by atoms with E-state index >= 15 is 0 Å². The summed E-state index contributed by atoms with van der Waals surface area (Å²) in [5, 5.41) is 10.0. The van der Waals surface area contributed by atoms with Gasteiger partial charge >= 0.3 is 5.97 Å². The van der Waals surface area contributed by atoms with Gasteiger partial charge in [-0.2, -0.15) is 0 Å². The zero-order chi connectivity index (χ0) is 14.1. The Kier molecular flexibility index (Phi) is 3.08. The van der Waals surface area contributed by atoms with Crippen molar-refractivity contribution >= 4 is 33.2 Å². The molecule has 98 valence electrons. The number of hydrogen-bond acceptors (Lipinski definition) is 3. The molecule has 2 aromatic carbocycles. The van der Waals surface area contributed by atoms with Crippen LogP contribution < -0.4 is 0 Å². The quantitative estimate of drug-likeness (QED) is 0.743. The van der Waals surface area contributed by atoms with E-state index in [2.05, 4.69) is 0 Å². The van der Waals surface area contributed by atoms with Crippen LogP contribution in [-0.2, 0) is 0 Å². The molecule has 0 unspecified atom stereocenters. The fourth-order valence-electron chi connectivity index (χ4n) is 2.14. The predicted molar refractivity (Wildman–Crippen MR) is 78.7 cm³/mol. The summed E-state index contributed by atoms with van der Waals surface area (Å²) in [6.07, 6.45) is 0. The number of aromatic carboxylic acids is 1. The number of carboxylic acids is 1. The van der Waals surface area contributed by atoms with Gasteiger partial charge in [0.15, 0.2) is 0 Å². The second-order valence-electron chi connectivity index (χ2n) is 4.30. The normalized spacial score (nSPS) is 10.6. The fraction of sp³-hybridized carbons (Fsp3) is 0. The Morgan fingerprint density at radius 2 is 1.55 bits per heavy atom. The van der Waals surface area contributed by atoms with Gasteiger partial charge in [0.25, 0.3) is 0 Å². The average Bonchev–Trinajstić information content (AvgIpc) is 2.86. The van der Waals surface area contributed by atoms with E-state index in [0.717, 1.165) is 4.70 Å². The van der Waals surface area contributed by atoms with E-state index in [0.29, 0.717) is 10.9 Å². The summed E-state index contributed by atoms with van der Waals surface area (Å²) in [6, 6.07) is 15.9. The maximum absolute atomic E-state index is 12.5. The molecule has 0 aliphatic heterocycles. The molecule has 0 amide bonds. The maximum Gasteiger partial charge on any atom is 0.337 e. The summed E-state index contributed by atoms with van der Waals surface area (Å²) >= 11 is 1.22. The fourth-order valence-corrected chi connectivity index (χ4v) is 3.29. The zero-order valence-corrected chi connectivity index (χ0v) is 11.2. The molecule has 3 rings (SSSR count). The average molecular weight is 282 g/mol. The van der Waals surface area contributed by atoms with E-state index in [1.54, 1.807) is 36.4 Å². The van der Waals surface area contributed by atoms with Gasteiger partial charge in [-0.1, -0.05) is 48.5 Å². The molecule has 0 saturated carbocycles. The van der Waals surface area contributed by atoms with Crippen LogP contribution in [0.4, 0.5) is 0 Å². The maximum atomic E-state index is 12.5. The molecule has 0 radical (unpaired) electrons. The Hall–Kier alpha value is -2.46. The van der Waals surface area contributed by atoms with Crippen molar-refractivity contribution in [3.8, 4) is 0 Å². The molecule has 20 heavy (non-hydrogen) atoms. The van der Waals surface area contributed by atoms with Crippen LogP contribution in [0, 0.1) is 0 Å². The van der Waals surface area contributed by atoms with Crippen LogP contribution in [0.5, 0.6) is 0 Å². The lowest BCUT2D eigenvalue weighted by Gasteiger charge is -2.00. The highest BCUT2D eigenvalue weighted by atomic mass is 32.1. The van der Waals surface area contributed by atoms with E-state index in [1.165, 1.54) is 11.3 Å². The van der Waals surface area contributed by atoms with Gasteiger partial charge in [-0.25, -0.2) is 4.79 Å². The molecule has 0 saturated heterocycles. The molecule has 3 nitrogen and oxygen atoms in total. The van der Waals surface area contributed by atoms with Crippen molar-refractivity contribution < 1.29 is 14.7 Å². The summed E-state index contributed by atoms with van der Waals surface area (Å²) in [5.41, 5.74) is 0.598. The second kappa shape index (κ2) is 4.90. The highest BCUT2D eigenvalue weighted by Gasteiger charge is 2.23. The summed E-state index contributed by atoms with van der Waals surface area (Å²) in [7, 11) is 0. The number of carbonyl (C=O) groups is 2. The van der Waals surface area contributed by atoms with Gasteiger partial charge in [0.05, 0.1) is 10.4 Å². The lowest BCUT2D eigenvalue weighted by Crippen LogP contribution is -2.06. The van der Waals surface area contributed by atoms with Crippen LogP contribution in [0.3, 0.4) is 0 Å². The summed E-state index contributed by atoms with van der Waals surface area (Å²) in [4.78, 5) is 24.3. The zero-order valence-electron chi connectivity index (χ0n) is 10.4. The van der Waals surface area contributed by atoms with Crippen molar-refractivity contribution in [3.05, 3.63) is 70.6 Å². The van der Waals surface area contributed by atoms with Gasteiger partial charge in [0.1, 0.15) is 0 Å². The van der Waals surface area contributed by atoms with Gasteiger partial charge in [-0.05, 0) is 6.07 Å². The third-order valence-corrected chi connectivity index (χ3v) is 4.22. The molecule has 1 N–H and O–H groups in total. The molecule has 0 aliphatic rings. The Bertz CT molecular complexity index is 803. The van der Waals surface area contributed by atoms with Crippen molar-refractivity contribution in [1.29, 1.82) is 0 Å². The highest BCUT2D eigenvalue weighted by Crippen LogP contribution is 2.32. The standard InChI is InChI=1S/C16H10O3S/c17-14(10-6-2-1-3-7-10)15-13(16(18)19)11-8-4-5-9-12(11)20-15/h1-9H,(H,18,19). The SMILES string of the molecule is O=C(c1ccccc1)c1sc2ccccc2c1C(=O)O. The molecule has 0 spiro atoms. The molecule has 3 aromatic rings. The molecular weight excluding hydrogens is 272 g/mol. The minimum atomic E-state index is -1.07. The van der Waals surface area contributed by atoms with E-state index in [4.69, 9.17) is 0 Å². The van der Waals surface area contributed by atoms with Crippen LogP contribution in [0.2, 0.25) is 0 Å². The monoisotopic (exact) mass is 282 g/mol. The Morgan fingerprint density at radius 1 is 0.900 bits per heavy atom. The molecule has 0 atom stereocenters. The van der Waals surface area contributed by atoms with Crippen molar-refractivity contribution in [2.24, 2.45) is 0 Å². The van der Waals surface area contributed by atoms with Gasteiger partial charge < -0.3 is 5.11 Å². The Morgan fingerprint density at radius 3 is 2.25 bits per heavy atom. The Labute approximate surface area is 119 Å². The van der Waals surface area contributed by atoms with Crippen LogP contribution in [0.25, 0.3) is 10.1 Å². The number of benzene rings is 2. The van der Waals surface area contributed by atoms with Crippen LogP contribution in [0.15, 0.2) is 54.6 Å². The molecule has 4 heteroatoms. The first-order valence-corrected chi connectivity index (χ1v) is 6.84. The first-order chi connectivity index (χ1) is 9.68. The largest absolute Gasteiger partial charge is 0.478 e. The number of thiophene rings is 1. The first-order valence-electron chi connectivity index (χ1n) is 6.03. The highest BCUT2D eigenvalue weighted by molar-refractivity contribution is 7.21. The molecule has 1 heterocycles. The third kappa shape index (κ3) is 2.00. The predicted octanol–water partition coefficient (Wildman–Crippen LogP) is 3.83. The van der Waals surface area contributed by atoms with Gasteiger partial charge in [0, 0.05) is 15.6 Å². The second-order valence-corrected chi connectivity index (χ2v) is 5.35. The topological polar surface area (TPSA) is 54.4 Å². The summed E-state index contributed by atoms with van der Waals surface area (Å²) < 4.78 is 0.809. The van der Waals surface area contributed by atoms with Crippen LogP contribution in [-0.4, -0.2) is 16.9 Å². The molecule has 1 aromatic heterocycles. The molecule has 0 fully saturated rings. The number of carbonyl (C=O) groups excluding carboxylic acids is 1. The number of hydrogen-bond donors (Lipinski definition) is 1. The van der Waals surface area contributed by atoms with Crippen LogP contribution in [0.1, 0.15) is 25.6 Å². The van der Waals surface area contributed by atoms with E-state index in [-0.39, 0.29) is 16.2 Å². The van der Waals surface area contributed by atoms with Gasteiger partial charge in [0.2, 0.25) is 5.78 Å². The number of fused-ring (bicyclic) bond motifs is 1. The summed E-state index contributed by atoms with van der Waals surface area (Å²) in [6.45, 7) is 0. The van der Waals surface area contributed by atoms with E-state index in [1.807, 2.05) is 18.2 Å². The minimum absolute atomic E-state index is 0.0967. The summed E-state index contributed by atoms with van der Waals surface area (Å²) in [5.74, 6) is -1.31. The van der Waals surface area contributed by atoms with Crippen molar-refractivity contribution in [2.45, 2.75) is 0 Å². The lowest BCUT2D eigenvalue weighted by atomic mass is 10.0. The van der Waals surface area contributed by atoms with Crippen molar-refractivity contribution in [3.63, 3.8) is 0 Å². The smallest absolute Gasteiger partial charge is 0.337 e. The molecule has 0 bridgehead atoms. The van der Waals surface area contributed by atoms with Gasteiger partial charge in [-0.15, -0.1) is 11.3 Å². The van der Waals surface area contributed by atoms with E-state index < -0.39 is 5.97 Å². The van der Waals surface area contributed by atoms with E-state index in [9.17, 15) is 14.7 Å².